The number of aliphatic hydroxyl groups excluding tert-OH is 2. The van der Waals surface area contributed by atoms with E-state index >= 15 is 0 Å². The second-order valence-corrected chi connectivity index (χ2v) is 11.6. The summed E-state index contributed by atoms with van der Waals surface area (Å²) in [6.45, 7) is 9.33. The van der Waals surface area contributed by atoms with Gasteiger partial charge in [0.2, 0.25) is 5.79 Å². The van der Waals surface area contributed by atoms with Crippen LogP contribution in [-0.4, -0.2) is 53.7 Å². The van der Waals surface area contributed by atoms with Gasteiger partial charge in [0, 0.05) is 22.3 Å². The number of allylic oxidation sites excluding steroid dienone is 5. The van der Waals surface area contributed by atoms with Crippen molar-refractivity contribution in [2.24, 2.45) is 34.5 Å². The third-order valence-corrected chi connectivity index (χ3v) is 10.2. The maximum atomic E-state index is 12.5. The van der Waals surface area contributed by atoms with E-state index in [0.29, 0.717) is 25.0 Å². The second kappa shape index (κ2) is 6.79. The summed E-state index contributed by atoms with van der Waals surface area (Å²) in [6.07, 6.45) is 6.21. The summed E-state index contributed by atoms with van der Waals surface area (Å²) in [5.41, 5.74) is 0.981. The fourth-order valence-electron chi connectivity index (χ4n) is 9.19. The SMILES string of the molecule is CC1=C[C@@H]2[C@H]([C@@H](O)C[C@@]3(C)[C@H]2C[C@H](C)[C@@]32OCO[C@]23COCO3)[C@@]2(C)C/C(=C/O)C(=O)C=C12. The molecule has 2 saturated heterocycles. The molecule has 0 aromatic rings. The third-order valence-electron chi connectivity index (χ3n) is 10.2. The van der Waals surface area contributed by atoms with Crippen LogP contribution in [0.3, 0.4) is 0 Å². The molecule has 7 nitrogen and oxygen atoms in total. The van der Waals surface area contributed by atoms with Gasteiger partial charge in [0.25, 0.3) is 0 Å². The Balaban J connectivity index is 1.49. The summed E-state index contributed by atoms with van der Waals surface area (Å²) < 4.78 is 24.4. The van der Waals surface area contributed by atoms with Gasteiger partial charge in [-0.2, -0.15) is 0 Å². The minimum absolute atomic E-state index is 0.0602. The fourth-order valence-corrected chi connectivity index (χ4v) is 9.19. The standard InChI is InChI=1S/C26H34O7/c1-14-5-17-19-6-15(2)26(25(32-13-33-26)11-30-12-31-25)24(19,4)9-21(29)22(17)23(3)8-16(10-27)20(28)7-18(14)23/h5,7,10,15,17,19,21-22,27,29H,6,8-9,11-13H2,1-4H3/b16-10-/t15-,17-,19-,21-,22+,23-,24-,25+,26+/m0/s1. The largest absolute Gasteiger partial charge is 0.515 e. The lowest BCUT2D eigenvalue weighted by molar-refractivity contribution is -0.264. The summed E-state index contributed by atoms with van der Waals surface area (Å²) in [6, 6.07) is 0. The molecule has 2 spiro atoms. The van der Waals surface area contributed by atoms with Crippen molar-refractivity contribution in [3.05, 3.63) is 35.1 Å². The minimum Gasteiger partial charge on any atom is -0.515 e. The van der Waals surface area contributed by atoms with Crippen LogP contribution in [0.2, 0.25) is 0 Å². The van der Waals surface area contributed by atoms with Gasteiger partial charge in [-0.3, -0.25) is 4.79 Å². The first-order valence-electron chi connectivity index (χ1n) is 12.1. The molecule has 2 N–H and O–H groups in total. The summed E-state index contributed by atoms with van der Waals surface area (Å²) in [5, 5.41) is 21.5. The fraction of sp³-hybridized carbons (Fsp3) is 0.731. The molecule has 6 rings (SSSR count). The third kappa shape index (κ3) is 2.40. The summed E-state index contributed by atoms with van der Waals surface area (Å²) >= 11 is 0. The van der Waals surface area contributed by atoms with Gasteiger partial charge >= 0.3 is 0 Å². The molecule has 0 amide bonds. The molecule has 180 valence electrons. The monoisotopic (exact) mass is 458 g/mol. The molecule has 0 radical (unpaired) electrons. The number of fused-ring (bicyclic) bond motifs is 7. The molecule has 33 heavy (non-hydrogen) atoms. The maximum absolute atomic E-state index is 12.5. The number of rotatable bonds is 0. The van der Waals surface area contributed by atoms with Crippen LogP contribution >= 0.6 is 0 Å². The zero-order valence-electron chi connectivity index (χ0n) is 19.8. The van der Waals surface area contributed by atoms with Crippen molar-refractivity contribution in [2.75, 3.05) is 20.2 Å². The highest BCUT2D eigenvalue weighted by atomic mass is 16.9. The molecule has 0 unspecified atom stereocenters. The molecule has 0 bridgehead atoms. The normalized spacial score (nSPS) is 54.4. The van der Waals surface area contributed by atoms with Gasteiger partial charge in [-0.15, -0.1) is 0 Å². The van der Waals surface area contributed by atoms with Crippen molar-refractivity contribution in [1.29, 1.82) is 0 Å². The van der Waals surface area contributed by atoms with Crippen molar-refractivity contribution in [3.8, 4) is 0 Å². The van der Waals surface area contributed by atoms with Crippen molar-refractivity contribution in [2.45, 2.75) is 64.4 Å². The van der Waals surface area contributed by atoms with Crippen molar-refractivity contribution >= 4 is 5.78 Å². The first kappa shape index (κ1) is 22.0. The number of ether oxygens (including phenoxy) is 4. The van der Waals surface area contributed by atoms with Crippen LogP contribution in [0.1, 0.15) is 47.0 Å². The number of hydrogen-bond donors (Lipinski definition) is 2. The van der Waals surface area contributed by atoms with E-state index < -0.39 is 22.9 Å². The first-order chi connectivity index (χ1) is 15.6. The average molecular weight is 459 g/mol. The van der Waals surface area contributed by atoms with Gasteiger partial charge in [-0.25, -0.2) is 0 Å². The zero-order valence-corrected chi connectivity index (χ0v) is 19.8. The molecular formula is C26H34O7. The highest BCUT2D eigenvalue weighted by Crippen LogP contribution is 2.72. The van der Waals surface area contributed by atoms with E-state index in [4.69, 9.17) is 18.9 Å². The van der Waals surface area contributed by atoms with Crippen LogP contribution in [-0.2, 0) is 23.7 Å². The van der Waals surface area contributed by atoms with Crippen molar-refractivity contribution < 1.29 is 34.0 Å². The Morgan fingerprint density at radius 3 is 2.64 bits per heavy atom. The van der Waals surface area contributed by atoms with E-state index in [2.05, 4.69) is 33.8 Å². The van der Waals surface area contributed by atoms with Crippen LogP contribution in [0, 0.1) is 34.5 Å². The van der Waals surface area contributed by atoms with Gasteiger partial charge in [0.1, 0.15) is 12.2 Å². The van der Waals surface area contributed by atoms with Gasteiger partial charge in [-0.05, 0) is 55.6 Å². The number of carbonyl (C=O) groups excluding carboxylic acids is 1. The molecule has 2 saturated carbocycles. The molecule has 4 fully saturated rings. The molecule has 7 heteroatoms. The molecular weight excluding hydrogens is 424 g/mol. The molecule has 6 aliphatic rings. The summed E-state index contributed by atoms with van der Waals surface area (Å²) in [5.74, 6) is -0.640. The summed E-state index contributed by atoms with van der Waals surface area (Å²) in [7, 11) is 0. The minimum atomic E-state index is -0.949. The van der Waals surface area contributed by atoms with Gasteiger partial charge in [0.05, 0.1) is 12.4 Å². The van der Waals surface area contributed by atoms with Gasteiger partial charge in [-0.1, -0.05) is 32.4 Å². The number of ketones is 1. The van der Waals surface area contributed by atoms with E-state index in [1.807, 2.05) is 0 Å². The second-order valence-electron chi connectivity index (χ2n) is 11.6. The quantitative estimate of drug-likeness (QED) is 0.424. The summed E-state index contributed by atoms with van der Waals surface area (Å²) in [4.78, 5) is 12.5. The Labute approximate surface area is 194 Å². The molecule has 2 heterocycles. The first-order valence-corrected chi connectivity index (χ1v) is 12.1. The lowest BCUT2D eigenvalue weighted by Crippen LogP contribution is -2.67. The predicted octanol–water partition coefficient (Wildman–Crippen LogP) is 3.40. The Morgan fingerprint density at radius 2 is 1.94 bits per heavy atom. The van der Waals surface area contributed by atoms with Crippen LogP contribution < -0.4 is 0 Å². The highest BCUT2D eigenvalue weighted by molar-refractivity contribution is 6.06. The Hall–Kier alpha value is -1.51. The number of carbonyl (C=O) groups is 1. The predicted molar refractivity (Wildman–Crippen MR) is 118 cm³/mol. The zero-order chi connectivity index (χ0) is 23.4. The molecule has 4 aliphatic carbocycles. The average Bonchev–Trinajstić information content (AvgIpc) is 3.44. The smallest absolute Gasteiger partial charge is 0.227 e. The Bertz CT molecular complexity index is 985. The number of hydrogen-bond acceptors (Lipinski definition) is 7. The van der Waals surface area contributed by atoms with E-state index in [0.717, 1.165) is 23.8 Å². The Kier molecular flexibility index (Phi) is 4.52. The highest BCUT2D eigenvalue weighted by Gasteiger charge is 2.79. The van der Waals surface area contributed by atoms with Gasteiger partial charge in [0.15, 0.2) is 19.4 Å². The molecule has 0 aromatic heterocycles. The van der Waals surface area contributed by atoms with Crippen LogP contribution in [0.5, 0.6) is 0 Å². The van der Waals surface area contributed by atoms with E-state index in [1.54, 1.807) is 6.08 Å². The lowest BCUT2D eigenvalue weighted by atomic mass is 9.45. The van der Waals surface area contributed by atoms with Crippen molar-refractivity contribution in [1.82, 2.24) is 0 Å². The maximum Gasteiger partial charge on any atom is 0.227 e. The van der Waals surface area contributed by atoms with Crippen LogP contribution in [0.4, 0.5) is 0 Å². The molecule has 0 aromatic carbocycles. The van der Waals surface area contributed by atoms with E-state index in [1.165, 1.54) is 0 Å². The van der Waals surface area contributed by atoms with Crippen molar-refractivity contribution in [3.63, 3.8) is 0 Å². The van der Waals surface area contributed by atoms with E-state index in [9.17, 15) is 15.0 Å². The van der Waals surface area contributed by atoms with Crippen LogP contribution in [0.25, 0.3) is 0 Å². The van der Waals surface area contributed by atoms with Crippen LogP contribution in [0.15, 0.2) is 35.1 Å². The number of aliphatic hydroxyl groups is 2. The van der Waals surface area contributed by atoms with E-state index in [-0.39, 0.29) is 48.5 Å². The molecule has 2 aliphatic heterocycles. The topological polar surface area (TPSA) is 94.5 Å². The molecule has 9 atom stereocenters. The van der Waals surface area contributed by atoms with Gasteiger partial charge < -0.3 is 29.2 Å². The Morgan fingerprint density at radius 1 is 1.18 bits per heavy atom. The lowest BCUT2D eigenvalue weighted by Gasteiger charge is -2.61.